The van der Waals surface area contributed by atoms with Crippen LogP contribution in [0.25, 0.3) is 0 Å². The van der Waals surface area contributed by atoms with Gasteiger partial charge >= 0.3 is 0 Å². The number of nitrogen functional groups attached to an aromatic ring is 1. The van der Waals surface area contributed by atoms with Gasteiger partial charge in [0, 0.05) is 12.7 Å². The van der Waals surface area contributed by atoms with Gasteiger partial charge in [-0.2, -0.15) is 0 Å². The van der Waals surface area contributed by atoms with Crippen LogP contribution in [0, 0.1) is 0 Å². The number of benzene rings is 1. The van der Waals surface area contributed by atoms with Crippen LogP contribution in [0.15, 0.2) is 18.2 Å². The summed E-state index contributed by atoms with van der Waals surface area (Å²) < 4.78 is 5.10. The highest BCUT2D eigenvalue weighted by Gasteiger charge is 2.18. The summed E-state index contributed by atoms with van der Waals surface area (Å²) in [7, 11) is 1.63. The molecule has 0 bridgehead atoms. The Hall–Kier alpha value is -1.75. The van der Waals surface area contributed by atoms with Gasteiger partial charge < -0.3 is 21.5 Å². The third kappa shape index (κ3) is 3.64. The molecule has 0 saturated carbocycles. The molecule has 1 rings (SSSR count). The largest absolute Gasteiger partial charge is 0.397 e. The monoisotopic (exact) mass is 237 g/mol. The molecule has 0 unspecified atom stereocenters. The highest BCUT2D eigenvalue weighted by molar-refractivity contribution is 5.95. The molecule has 0 atom stereocenters. The molecular formula is C12H19N3O2. The zero-order valence-electron chi connectivity index (χ0n) is 10.4. The normalized spacial score (nSPS) is 11.2. The van der Waals surface area contributed by atoms with Gasteiger partial charge in [0.1, 0.15) is 0 Å². The van der Waals surface area contributed by atoms with Gasteiger partial charge in [0.2, 0.25) is 5.91 Å². The number of amides is 1. The summed E-state index contributed by atoms with van der Waals surface area (Å²) in [5.41, 5.74) is 12.5. The zero-order valence-corrected chi connectivity index (χ0v) is 10.4. The van der Waals surface area contributed by atoms with Gasteiger partial charge in [-0.05, 0) is 32.0 Å². The molecule has 1 aromatic rings. The van der Waals surface area contributed by atoms with Gasteiger partial charge in [-0.1, -0.05) is 0 Å². The Morgan fingerprint density at radius 2 is 2.12 bits per heavy atom. The van der Waals surface area contributed by atoms with Crippen molar-refractivity contribution in [1.82, 2.24) is 0 Å². The van der Waals surface area contributed by atoms with Crippen molar-refractivity contribution in [2.24, 2.45) is 5.73 Å². The molecule has 5 heteroatoms. The second-order valence-electron chi connectivity index (χ2n) is 4.61. The topological polar surface area (TPSA) is 90.4 Å². The number of nitrogens with two attached hydrogens (primary N) is 2. The summed E-state index contributed by atoms with van der Waals surface area (Å²) in [6, 6.07) is 4.91. The van der Waals surface area contributed by atoms with E-state index >= 15 is 0 Å². The number of primary amides is 1. The van der Waals surface area contributed by atoms with Gasteiger partial charge in [0.25, 0.3) is 0 Å². The molecule has 94 valence electrons. The second-order valence-corrected chi connectivity index (χ2v) is 4.61. The predicted molar refractivity (Wildman–Crippen MR) is 69.0 cm³/mol. The average molecular weight is 237 g/mol. The van der Waals surface area contributed by atoms with Crippen molar-refractivity contribution in [3.05, 3.63) is 23.8 Å². The highest BCUT2D eigenvalue weighted by atomic mass is 16.5. The van der Waals surface area contributed by atoms with Gasteiger partial charge in [-0.3, -0.25) is 4.79 Å². The first-order valence-corrected chi connectivity index (χ1v) is 5.32. The lowest BCUT2D eigenvalue weighted by Crippen LogP contribution is -2.36. The standard InChI is InChI=1S/C12H19N3O2/c1-12(2,7-17-3)15-10-6-8(11(14)16)4-5-9(10)13/h4-6,15H,7,13H2,1-3H3,(H2,14,16). The lowest BCUT2D eigenvalue weighted by molar-refractivity contribution is 0.100. The lowest BCUT2D eigenvalue weighted by atomic mass is 10.1. The summed E-state index contributed by atoms with van der Waals surface area (Å²) in [6.45, 7) is 4.48. The summed E-state index contributed by atoms with van der Waals surface area (Å²) in [5.74, 6) is -0.474. The Labute approximate surface area is 101 Å². The zero-order chi connectivity index (χ0) is 13.1. The third-order valence-corrected chi connectivity index (χ3v) is 2.32. The van der Waals surface area contributed by atoms with E-state index in [4.69, 9.17) is 16.2 Å². The first-order chi connectivity index (χ1) is 7.85. The van der Waals surface area contributed by atoms with E-state index in [1.807, 2.05) is 13.8 Å². The molecule has 1 aromatic carbocycles. The number of hydrogen-bond donors (Lipinski definition) is 3. The van der Waals surface area contributed by atoms with Gasteiger partial charge in [0.05, 0.1) is 23.5 Å². The van der Waals surface area contributed by atoms with E-state index in [0.29, 0.717) is 23.5 Å². The fraction of sp³-hybridized carbons (Fsp3) is 0.417. The molecule has 0 heterocycles. The van der Waals surface area contributed by atoms with Crippen molar-refractivity contribution in [2.45, 2.75) is 19.4 Å². The number of ether oxygens (including phenoxy) is 1. The van der Waals surface area contributed by atoms with E-state index in [9.17, 15) is 4.79 Å². The van der Waals surface area contributed by atoms with Crippen LogP contribution in [0.4, 0.5) is 11.4 Å². The minimum absolute atomic E-state index is 0.279. The van der Waals surface area contributed by atoms with E-state index in [1.165, 1.54) is 0 Å². The molecule has 0 radical (unpaired) electrons. The van der Waals surface area contributed by atoms with Crippen LogP contribution in [0.3, 0.4) is 0 Å². The number of rotatable bonds is 5. The maximum Gasteiger partial charge on any atom is 0.248 e. The van der Waals surface area contributed by atoms with Crippen molar-refractivity contribution in [2.75, 3.05) is 24.8 Å². The molecule has 0 aliphatic carbocycles. The van der Waals surface area contributed by atoms with Crippen molar-refractivity contribution in [1.29, 1.82) is 0 Å². The van der Waals surface area contributed by atoms with E-state index in [2.05, 4.69) is 5.32 Å². The van der Waals surface area contributed by atoms with Crippen LogP contribution in [-0.4, -0.2) is 25.2 Å². The Morgan fingerprint density at radius 3 is 2.65 bits per heavy atom. The second kappa shape index (κ2) is 5.05. The lowest BCUT2D eigenvalue weighted by Gasteiger charge is -2.27. The Morgan fingerprint density at radius 1 is 1.47 bits per heavy atom. The van der Waals surface area contributed by atoms with E-state index in [0.717, 1.165) is 0 Å². The van der Waals surface area contributed by atoms with Gasteiger partial charge in [-0.25, -0.2) is 0 Å². The summed E-state index contributed by atoms with van der Waals surface area (Å²) in [6.07, 6.45) is 0. The quantitative estimate of drug-likeness (QED) is 0.671. The van der Waals surface area contributed by atoms with E-state index in [1.54, 1.807) is 25.3 Å². The summed E-state index contributed by atoms with van der Waals surface area (Å²) in [4.78, 5) is 11.1. The van der Waals surface area contributed by atoms with Gasteiger partial charge in [-0.15, -0.1) is 0 Å². The van der Waals surface area contributed by atoms with Crippen molar-refractivity contribution >= 4 is 17.3 Å². The van der Waals surface area contributed by atoms with Crippen LogP contribution in [0.5, 0.6) is 0 Å². The summed E-state index contributed by atoms with van der Waals surface area (Å²) >= 11 is 0. The van der Waals surface area contributed by atoms with Crippen molar-refractivity contribution < 1.29 is 9.53 Å². The molecule has 17 heavy (non-hydrogen) atoms. The number of methoxy groups -OCH3 is 1. The maximum absolute atomic E-state index is 11.1. The first kappa shape index (κ1) is 13.3. The smallest absolute Gasteiger partial charge is 0.248 e. The average Bonchev–Trinajstić information content (AvgIpc) is 2.20. The highest BCUT2D eigenvalue weighted by Crippen LogP contribution is 2.23. The number of carbonyl (C=O) groups excluding carboxylic acids is 1. The van der Waals surface area contributed by atoms with Crippen LogP contribution < -0.4 is 16.8 Å². The molecule has 0 spiro atoms. The first-order valence-electron chi connectivity index (χ1n) is 5.32. The van der Waals surface area contributed by atoms with Crippen molar-refractivity contribution in [3.63, 3.8) is 0 Å². The van der Waals surface area contributed by atoms with Gasteiger partial charge in [0.15, 0.2) is 0 Å². The molecule has 0 saturated heterocycles. The minimum Gasteiger partial charge on any atom is -0.397 e. The number of anilines is 2. The van der Waals surface area contributed by atoms with Crippen LogP contribution in [-0.2, 0) is 4.74 Å². The molecule has 1 amide bonds. The van der Waals surface area contributed by atoms with Crippen molar-refractivity contribution in [3.8, 4) is 0 Å². The third-order valence-electron chi connectivity index (χ3n) is 2.32. The molecule has 0 aromatic heterocycles. The molecular weight excluding hydrogens is 218 g/mol. The molecule has 5 nitrogen and oxygen atoms in total. The fourth-order valence-electron chi connectivity index (χ4n) is 1.58. The van der Waals surface area contributed by atoms with Crippen LogP contribution >= 0.6 is 0 Å². The SMILES string of the molecule is COCC(C)(C)Nc1cc(C(N)=O)ccc1N. The Kier molecular flexibility index (Phi) is 3.96. The van der Waals surface area contributed by atoms with Crippen LogP contribution in [0.2, 0.25) is 0 Å². The maximum atomic E-state index is 11.1. The Balaban J connectivity index is 2.97. The van der Waals surface area contributed by atoms with E-state index < -0.39 is 5.91 Å². The fourth-order valence-corrected chi connectivity index (χ4v) is 1.58. The Bertz CT molecular complexity index is 416. The predicted octanol–water partition coefficient (Wildman–Crippen LogP) is 1.20. The molecule has 5 N–H and O–H groups in total. The van der Waals surface area contributed by atoms with Crippen LogP contribution in [0.1, 0.15) is 24.2 Å². The molecule has 0 aliphatic rings. The molecule has 0 aliphatic heterocycles. The summed E-state index contributed by atoms with van der Waals surface area (Å²) in [5, 5.41) is 3.22. The van der Waals surface area contributed by atoms with E-state index in [-0.39, 0.29) is 5.54 Å². The number of nitrogens with one attached hydrogen (secondary N) is 1. The number of hydrogen-bond acceptors (Lipinski definition) is 4. The minimum atomic E-state index is -0.474. The number of carbonyl (C=O) groups is 1. The molecule has 0 fully saturated rings.